The van der Waals surface area contributed by atoms with Gasteiger partial charge < -0.3 is 10.6 Å². The van der Waals surface area contributed by atoms with E-state index >= 15 is 0 Å². The van der Waals surface area contributed by atoms with Crippen molar-refractivity contribution in [1.29, 1.82) is 0 Å². The maximum Gasteiger partial charge on any atom is 0.319 e. The predicted octanol–water partition coefficient (Wildman–Crippen LogP) is 6.29. The molecule has 2 N–H and O–H groups in total. The molecule has 1 aromatic heterocycles. The normalized spacial score (nSPS) is 10.8. The summed E-state index contributed by atoms with van der Waals surface area (Å²) >= 11 is 7.85. The number of nitrogens with one attached hydrogen (secondary N) is 2. The van der Waals surface area contributed by atoms with Gasteiger partial charge in [0.2, 0.25) is 0 Å². The Morgan fingerprint density at radius 3 is 2.65 bits per heavy atom. The first-order valence-corrected chi connectivity index (χ1v) is 12.0. The van der Waals surface area contributed by atoms with Crippen molar-refractivity contribution >= 4 is 35.1 Å². The van der Waals surface area contributed by atoms with Crippen LogP contribution in [0.4, 0.5) is 14.9 Å². The molecule has 0 unspecified atom stereocenters. The van der Waals surface area contributed by atoms with Crippen molar-refractivity contribution in [2.45, 2.75) is 31.3 Å². The molecule has 4 aromatic rings. The lowest BCUT2D eigenvalue weighted by molar-refractivity contribution is 0.251. The number of thioether (sulfide) groups is 1. The number of aromatic nitrogens is 3. The molecule has 0 saturated carbocycles. The minimum atomic E-state index is -0.475. The van der Waals surface area contributed by atoms with Gasteiger partial charge >= 0.3 is 6.03 Å². The Bertz CT molecular complexity index is 1330. The highest BCUT2D eigenvalue weighted by Crippen LogP contribution is 2.29. The molecule has 1 heterocycles. The van der Waals surface area contributed by atoms with E-state index in [0.29, 0.717) is 21.7 Å². The zero-order valence-corrected chi connectivity index (χ0v) is 20.3. The molecule has 0 aliphatic carbocycles. The van der Waals surface area contributed by atoms with Crippen LogP contribution in [0.5, 0.6) is 0 Å². The Kier molecular flexibility index (Phi) is 7.49. The van der Waals surface area contributed by atoms with Crippen LogP contribution >= 0.6 is 23.4 Å². The Morgan fingerprint density at radius 2 is 1.85 bits per heavy atom. The van der Waals surface area contributed by atoms with Crippen LogP contribution in [0.1, 0.15) is 22.5 Å². The summed E-state index contributed by atoms with van der Waals surface area (Å²) in [5, 5.41) is 15.4. The first-order valence-electron chi connectivity index (χ1n) is 10.6. The van der Waals surface area contributed by atoms with Crippen LogP contribution < -0.4 is 10.6 Å². The number of rotatable bonds is 7. The molecule has 34 heavy (non-hydrogen) atoms. The summed E-state index contributed by atoms with van der Waals surface area (Å²) in [5.74, 6) is 0.842. The van der Waals surface area contributed by atoms with Gasteiger partial charge in [-0.2, -0.15) is 0 Å². The van der Waals surface area contributed by atoms with Crippen molar-refractivity contribution < 1.29 is 9.18 Å². The molecular formula is C25H23ClFN5OS. The van der Waals surface area contributed by atoms with Crippen molar-refractivity contribution in [2.24, 2.45) is 0 Å². The second-order valence-electron chi connectivity index (χ2n) is 7.70. The third kappa shape index (κ3) is 5.76. The van der Waals surface area contributed by atoms with Gasteiger partial charge in [0.05, 0.1) is 12.2 Å². The van der Waals surface area contributed by atoms with E-state index in [2.05, 4.69) is 39.9 Å². The van der Waals surface area contributed by atoms with E-state index < -0.39 is 11.8 Å². The fourth-order valence-corrected chi connectivity index (χ4v) is 4.60. The number of aryl methyl sites for hydroxylation is 2. The van der Waals surface area contributed by atoms with Crippen LogP contribution in [-0.2, 0) is 12.3 Å². The average molecular weight is 496 g/mol. The number of carbonyl (C=O) groups is 1. The molecule has 4 rings (SSSR count). The van der Waals surface area contributed by atoms with Crippen molar-refractivity contribution in [3.8, 4) is 5.69 Å². The number of amides is 2. The topological polar surface area (TPSA) is 71.8 Å². The number of urea groups is 1. The Balaban J connectivity index is 1.57. The molecule has 174 valence electrons. The van der Waals surface area contributed by atoms with Gasteiger partial charge in [-0.05, 0) is 60.9 Å². The number of hydrogen-bond donors (Lipinski definition) is 2. The largest absolute Gasteiger partial charge is 0.331 e. The molecule has 0 radical (unpaired) electrons. The van der Waals surface area contributed by atoms with E-state index in [1.54, 1.807) is 17.8 Å². The minimum Gasteiger partial charge on any atom is -0.331 e. The van der Waals surface area contributed by atoms with Gasteiger partial charge in [-0.3, -0.25) is 4.57 Å². The monoisotopic (exact) mass is 495 g/mol. The summed E-state index contributed by atoms with van der Waals surface area (Å²) in [4.78, 5) is 12.4. The summed E-state index contributed by atoms with van der Waals surface area (Å²) in [6.07, 6.45) is 0. The number of benzene rings is 3. The molecule has 3 aromatic carbocycles. The highest BCUT2D eigenvalue weighted by atomic mass is 35.5. The van der Waals surface area contributed by atoms with Crippen LogP contribution in [0, 0.1) is 19.7 Å². The highest BCUT2D eigenvalue weighted by molar-refractivity contribution is 7.98. The lowest BCUT2D eigenvalue weighted by atomic mass is 10.1. The van der Waals surface area contributed by atoms with Crippen LogP contribution in [-0.4, -0.2) is 20.8 Å². The standard InChI is InChI=1S/C25H23ClFN5OS/c1-16-6-3-4-7-18(16)15-34-25-31-30-23(32(25)22-12-19(26)11-10-17(22)2)14-28-24(33)29-21-9-5-8-20(27)13-21/h3-13H,14-15H2,1-2H3,(H2,28,29,33). The second kappa shape index (κ2) is 10.7. The average Bonchev–Trinajstić information content (AvgIpc) is 3.21. The SMILES string of the molecule is Cc1ccccc1CSc1nnc(CNC(=O)Nc2cccc(F)c2)n1-c1cc(Cl)ccc1C. The third-order valence-corrected chi connectivity index (χ3v) is 6.43. The summed E-state index contributed by atoms with van der Waals surface area (Å²) in [7, 11) is 0. The molecule has 2 amide bonds. The van der Waals surface area contributed by atoms with Crippen LogP contribution in [0.15, 0.2) is 71.9 Å². The molecule has 0 saturated heterocycles. The molecular weight excluding hydrogens is 473 g/mol. The van der Waals surface area contributed by atoms with Gasteiger partial charge in [-0.25, -0.2) is 9.18 Å². The quantitative estimate of drug-likeness (QED) is 0.295. The number of anilines is 1. The fourth-order valence-electron chi connectivity index (χ4n) is 3.39. The number of nitrogens with zero attached hydrogens (tertiary/aromatic N) is 3. The second-order valence-corrected chi connectivity index (χ2v) is 9.08. The van der Waals surface area contributed by atoms with Gasteiger partial charge in [0.25, 0.3) is 0 Å². The zero-order valence-electron chi connectivity index (χ0n) is 18.7. The van der Waals surface area contributed by atoms with Gasteiger partial charge in [0, 0.05) is 16.5 Å². The molecule has 0 atom stereocenters. The fraction of sp³-hybridized carbons (Fsp3) is 0.160. The third-order valence-electron chi connectivity index (χ3n) is 5.22. The number of halogens is 2. The minimum absolute atomic E-state index is 0.116. The molecule has 0 aliphatic rings. The Labute approximate surface area is 206 Å². The van der Waals surface area contributed by atoms with E-state index in [9.17, 15) is 9.18 Å². The lowest BCUT2D eigenvalue weighted by Crippen LogP contribution is -2.29. The van der Waals surface area contributed by atoms with Crippen molar-refractivity contribution in [1.82, 2.24) is 20.1 Å². The molecule has 9 heteroatoms. The molecule has 0 aliphatic heterocycles. The van der Waals surface area contributed by atoms with Crippen LogP contribution in [0.3, 0.4) is 0 Å². The Morgan fingerprint density at radius 1 is 1.03 bits per heavy atom. The first-order chi connectivity index (χ1) is 16.4. The first kappa shape index (κ1) is 23.8. The number of carbonyl (C=O) groups excluding carboxylic acids is 1. The van der Waals surface area contributed by atoms with E-state index in [0.717, 1.165) is 17.0 Å². The van der Waals surface area contributed by atoms with E-state index in [-0.39, 0.29) is 6.54 Å². The van der Waals surface area contributed by atoms with Gasteiger partial charge in [0.1, 0.15) is 5.82 Å². The van der Waals surface area contributed by atoms with Crippen molar-refractivity contribution in [2.75, 3.05) is 5.32 Å². The van der Waals surface area contributed by atoms with Crippen molar-refractivity contribution in [3.05, 3.63) is 100 Å². The van der Waals surface area contributed by atoms with Gasteiger partial charge in [-0.1, -0.05) is 59.8 Å². The summed E-state index contributed by atoms with van der Waals surface area (Å²) < 4.78 is 15.3. The van der Waals surface area contributed by atoms with Crippen LogP contribution in [0.2, 0.25) is 5.02 Å². The molecule has 6 nitrogen and oxygen atoms in total. The van der Waals surface area contributed by atoms with Crippen molar-refractivity contribution in [3.63, 3.8) is 0 Å². The summed E-state index contributed by atoms with van der Waals surface area (Å²) in [5.41, 5.74) is 4.61. The highest BCUT2D eigenvalue weighted by Gasteiger charge is 2.18. The van der Waals surface area contributed by atoms with Gasteiger partial charge in [0.15, 0.2) is 11.0 Å². The molecule has 0 spiro atoms. The summed E-state index contributed by atoms with van der Waals surface area (Å²) in [6, 6.07) is 19.0. The van der Waals surface area contributed by atoms with Crippen LogP contribution in [0.25, 0.3) is 5.69 Å². The Hall–Kier alpha value is -3.36. The molecule has 0 bridgehead atoms. The summed E-state index contributed by atoms with van der Waals surface area (Å²) in [6.45, 7) is 4.18. The molecule has 0 fully saturated rings. The predicted molar refractivity (Wildman–Crippen MR) is 134 cm³/mol. The smallest absolute Gasteiger partial charge is 0.319 e. The van der Waals surface area contributed by atoms with Gasteiger partial charge in [-0.15, -0.1) is 10.2 Å². The van der Waals surface area contributed by atoms with E-state index in [4.69, 9.17) is 11.6 Å². The van der Waals surface area contributed by atoms with E-state index in [1.807, 2.05) is 41.8 Å². The maximum absolute atomic E-state index is 13.4. The zero-order chi connectivity index (χ0) is 24.1. The number of hydrogen-bond acceptors (Lipinski definition) is 4. The maximum atomic E-state index is 13.4. The van der Waals surface area contributed by atoms with E-state index in [1.165, 1.54) is 29.3 Å². The lowest BCUT2D eigenvalue weighted by Gasteiger charge is -2.14.